The topological polar surface area (TPSA) is 136 Å². The van der Waals surface area contributed by atoms with Crippen molar-refractivity contribution in [3.05, 3.63) is 66.4 Å². The lowest BCUT2D eigenvalue weighted by molar-refractivity contribution is 0.434. The van der Waals surface area contributed by atoms with E-state index >= 15 is 0 Å². The zero-order valence-electron chi connectivity index (χ0n) is 19.9. The van der Waals surface area contributed by atoms with Crippen LogP contribution in [-0.4, -0.2) is 48.9 Å². The van der Waals surface area contributed by atoms with Crippen LogP contribution in [0.15, 0.2) is 70.2 Å². The number of nitrogen functional groups attached to an aromatic ring is 1. The zero-order valence-corrected chi connectivity index (χ0v) is 20.8. The second-order valence-corrected chi connectivity index (χ2v) is 11.1. The summed E-state index contributed by atoms with van der Waals surface area (Å²) < 4.78 is 31.5. The van der Waals surface area contributed by atoms with Gasteiger partial charge in [-0.1, -0.05) is 41.6 Å². The van der Waals surface area contributed by atoms with Gasteiger partial charge in [0.1, 0.15) is 5.69 Å². The molecule has 0 aliphatic carbocycles. The van der Waals surface area contributed by atoms with Crippen LogP contribution in [-0.2, 0) is 16.4 Å². The van der Waals surface area contributed by atoms with E-state index in [9.17, 15) is 8.42 Å². The number of rotatable bonds is 7. The van der Waals surface area contributed by atoms with E-state index in [4.69, 9.17) is 10.3 Å². The molecule has 9 nitrogen and oxygen atoms in total. The van der Waals surface area contributed by atoms with Crippen molar-refractivity contribution in [2.24, 2.45) is 0 Å². The lowest BCUT2D eigenvalue weighted by atomic mass is 10.1. The second-order valence-electron chi connectivity index (χ2n) is 8.83. The molecule has 0 amide bonds. The molecule has 1 aliphatic rings. The number of nitrogens with one attached hydrogen (secondary N) is 2. The van der Waals surface area contributed by atoms with Crippen molar-refractivity contribution in [2.45, 2.75) is 29.5 Å². The fourth-order valence-corrected chi connectivity index (χ4v) is 6.05. The van der Waals surface area contributed by atoms with Crippen LogP contribution < -0.4 is 16.4 Å². The average Bonchev–Trinajstić information content (AvgIpc) is 3.40. The molecule has 0 bridgehead atoms. The number of nitrogens with zero attached hydrogens (tertiary/aromatic N) is 3. The van der Waals surface area contributed by atoms with E-state index in [2.05, 4.69) is 25.8 Å². The van der Waals surface area contributed by atoms with Crippen molar-refractivity contribution in [3.63, 3.8) is 0 Å². The van der Waals surface area contributed by atoms with Crippen molar-refractivity contribution in [2.75, 3.05) is 25.9 Å². The molecule has 2 aromatic carbocycles. The van der Waals surface area contributed by atoms with E-state index in [1.54, 1.807) is 36.5 Å². The van der Waals surface area contributed by atoms with Gasteiger partial charge in [0.05, 0.1) is 22.0 Å². The Morgan fingerprint density at radius 2 is 1.81 bits per heavy atom. The number of anilines is 1. The first-order valence-corrected chi connectivity index (χ1v) is 13.4. The lowest BCUT2D eigenvalue weighted by Crippen LogP contribution is -2.38. The van der Waals surface area contributed by atoms with Crippen LogP contribution in [0.2, 0.25) is 0 Å². The van der Waals surface area contributed by atoms with Gasteiger partial charge < -0.3 is 20.9 Å². The van der Waals surface area contributed by atoms with Crippen LogP contribution in [0.5, 0.6) is 0 Å². The molecule has 0 spiro atoms. The fourth-order valence-electron chi connectivity index (χ4n) is 4.33. The van der Waals surface area contributed by atoms with E-state index in [-0.39, 0.29) is 5.82 Å². The summed E-state index contributed by atoms with van der Waals surface area (Å²) in [5, 5.41) is 10.1. The van der Waals surface area contributed by atoms with Gasteiger partial charge in [0.15, 0.2) is 27.1 Å². The van der Waals surface area contributed by atoms with E-state index in [0.717, 1.165) is 30.6 Å². The molecule has 4 N–H and O–H groups in total. The Morgan fingerprint density at radius 3 is 2.50 bits per heavy atom. The van der Waals surface area contributed by atoms with Crippen LogP contribution in [0.25, 0.3) is 34.0 Å². The molecule has 1 saturated heterocycles. The highest BCUT2D eigenvalue weighted by Crippen LogP contribution is 2.30. The van der Waals surface area contributed by atoms with E-state index < -0.39 is 15.1 Å². The first kappa shape index (κ1) is 24.1. The predicted octanol–water partition coefficient (Wildman–Crippen LogP) is 3.29. The van der Waals surface area contributed by atoms with Gasteiger partial charge in [-0.25, -0.2) is 18.4 Å². The number of benzene rings is 2. The molecule has 2 aromatic heterocycles. The van der Waals surface area contributed by atoms with Gasteiger partial charge in [0, 0.05) is 30.3 Å². The monoisotopic (exact) mass is 504 g/mol. The number of piperidine rings is 1. The molecular weight excluding hydrogens is 476 g/mol. The first-order chi connectivity index (χ1) is 17.5. The smallest absolute Gasteiger partial charge is 0.189 e. The van der Waals surface area contributed by atoms with Crippen molar-refractivity contribution in [1.29, 1.82) is 0 Å². The Balaban J connectivity index is 1.39. The minimum absolute atomic E-state index is 0.217. The maximum atomic E-state index is 13.0. The summed E-state index contributed by atoms with van der Waals surface area (Å²) in [6.45, 7) is 2.13. The van der Waals surface area contributed by atoms with Gasteiger partial charge in [0.2, 0.25) is 0 Å². The Kier molecular flexibility index (Phi) is 6.82. The van der Waals surface area contributed by atoms with Crippen LogP contribution in [0.1, 0.15) is 18.4 Å². The molecule has 1 unspecified atom stereocenters. The molecule has 1 aliphatic heterocycles. The summed E-state index contributed by atoms with van der Waals surface area (Å²) in [6.07, 6.45) is 3.09. The van der Waals surface area contributed by atoms with Gasteiger partial charge in [-0.3, -0.25) is 0 Å². The molecular formula is C26H28N6O3S. The molecule has 36 heavy (non-hydrogen) atoms. The Labute approximate surface area is 210 Å². The summed E-state index contributed by atoms with van der Waals surface area (Å²) >= 11 is 0. The Hall–Kier alpha value is -3.60. The van der Waals surface area contributed by atoms with Crippen molar-refractivity contribution in [1.82, 2.24) is 25.8 Å². The molecule has 10 heteroatoms. The molecule has 0 saturated carbocycles. The van der Waals surface area contributed by atoms with E-state index in [1.165, 1.54) is 5.56 Å². The fraction of sp³-hybridized carbons (Fsp3) is 0.269. The molecule has 1 fully saturated rings. The Bertz CT molecular complexity index is 1440. The lowest BCUT2D eigenvalue weighted by Gasteiger charge is -2.22. The third-order valence-electron chi connectivity index (χ3n) is 6.34. The van der Waals surface area contributed by atoms with E-state index in [1.807, 2.05) is 31.3 Å². The minimum Gasteiger partial charge on any atom is -0.382 e. The number of hydrogen-bond acceptors (Lipinski definition) is 9. The van der Waals surface area contributed by atoms with E-state index in [0.29, 0.717) is 40.7 Å². The highest BCUT2D eigenvalue weighted by molar-refractivity contribution is 7.92. The number of aromatic nitrogens is 3. The van der Waals surface area contributed by atoms with Crippen LogP contribution in [0.4, 0.5) is 5.82 Å². The van der Waals surface area contributed by atoms with Crippen LogP contribution in [0.3, 0.4) is 0 Å². The second kappa shape index (κ2) is 10.2. The average molecular weight is 505 g/mol. The molecule has 4 aromatic rings. The number of nitrogens with two attached hydrogens (primary N) is 1. The summed E-state index contributed by atoms with van der Waals surface area (Å²) in [4.78, 5) is 9.24. The van der Waals surface area contributed by atoms with Crippen LogP contribution in [0, 0.1) is 0 Å². The number of sulfone groups is 1. The largest absolute Gasteiger partial charge is 0.382 e. The summed E-state index contributed by atoms with van der Waals surface area (Å²) in [5.41, 5.74) is 10.5. The third kappa shape index (κ3) is 4.88. The summed E-state index contributed by atoms with van der Waals surface area (Å²) in [7, 11) is -1.49. The summed E-state index contributed by atoms with van der Waals surface area (Å²) in [6, 6.07) is 16.6. The minimum atomic E-state index is -3.39. The number of hydrogen-bond donors (Lipinski definition) is 3. The van der Waals surface area contributed by atoms with Crippen molar-refractivity contribution >= 4 is 15.7 Å². The first-order valence-electron chi connectivity index (χ1n) is 11.8. The van der Waals surface area contributed by atoms with Crippen molar-refractivity contribution in [3.8, 4) is 34.0 Å². The molecule has 3 heterocycles. The highest BCUT2D eigenvalue weighted by atomic mass is 32.2. The maximum absolute atomic E-state index is 13.0. The van der Waals surface area contributed by atoms with Gasteiger partial charge >= 0.3 is 0 Å². The predicted molar refractivity (Wildman–Crippen MR) is 139 cm³/mol. The maximum Gasteiger partial charge on any atom is 0.189 e. The normalized spacial score (nSPS) is 16.2. The third-order valence-corrected chi connectivity index (χ3v) is 8.55. The molecule has 186 valence electrons. The zero-order chi connectivity index (χ0) is 25.1. The SMILES string of the molecule is CNCc1ccc(-c2cc(-c3nc(-c4ccc(S(=O)(=O)C5CCCNC5)cc4)cnc3N)on2)cc1. The van der Waals surface area contributed by atoms with Gasteiger partial charge in [-0.05, 0) is 44.1 Å². The Morgan fingerprint density at radius 1 is 1.08 bits per heavy atom. The quantitative estimate of drug-likeness (QED) is 0.346. The summed E-state index contributed by atoms with van der Waals surface area (Å²) in [5.74, 6) is 0.620. The van der Waals surface area contributed by atoms with Gasteiger partial charge in [-0.2, -0.15) is 0 Å². The van der Waals surface area contributed by atoms with Gasteiger partial charge in [-0.15, -0.1) is 0 Å². The highest BCUT2D eigenvalue weighted by Gasteiger charge is 2.28. The molecule has 5 rings (SSSR count). The van der Waals surface area contributed by atoms with Crippen molar-refractivity contribution < 1.29 is 12.9 Å². The van der Waals surface area contributed by atoms with Crippen LogP contribution >= 0.6 is 0 Å². The molecule has 0 radical (unpaired) electrons. The van der Waals surface area contributed by atoms with Gasteiger partial charge in [0.25, 0.3) is 0 Å². The molecule has 1 atom stereocenters. The standard InChI is InChI=1S/C26H28N6O3S/c1-28-14-17-4-6-18(7-5-17)22-13-24(35-32-22)25-26(27)30-16-23(31-25)19-8-10-20(11-9-19)36(33,34)21-3-2-12-29-15-21/h4-11,13,16,21,28-29H,2-3,12,14-15H2,1H3,(H2,27,30).